The van der Waals surface area contributed by atoms with Gasteiger partial charge in [-0.25, -0.2) is 4.98 Å². The summed E-state index contributed by atoms with van der Waals surface area (Å²) in [5.41, 5.74) is 1.96. The van der Waals surface area contributed by atoms with Gasteiger partial charge in [-0.05, 0) is 19.3 Å². The standard InChI is InChI=1S/C13H18N2OS/c1-13(2,3)10-8-17-12(14-10)15-11(16)9-6-4-5-7-9/h6,8H,4-5,7H2,1-3H3,(H,14,15,16). The molecule has 1 aromatic heterocycles. The molecule has 1 aliphatic carbocycles. The van der Waals surface area contributed by atoms with Gasteiger partial charge in [0.1, 0.15) is 0 Å². The quantitative estimate of drug-likeness (QED) is 0.873. The van der Waals surface area contributed by atoms with Crippen molar-refractivity contribution in [2.75, 3.05) is 5.32 Å². The molecule has 0 atom stereocenters. The number of carbonyl (C=O) groups is 1. The second-order valence-electron chi connectivity index (χ2n) is 5.36. The minimum absolute atomic E-state index is 0.0114. The van der Waals surface area contributed by atoms with Gasteiger partial charge < -0.3 is 0 Å². The van der Waals surface area contributed by atoms with Crippen molar-refractivity contribution in [3.05, 3.63) is 22.7 Å². The Kier molecular flexibility index (Phi) is 3.33. The molecular weight excluding hydrogens is 232 g/mol. The lowest BCUT2D eigenvalue weighted by Crippen LogP contribution is -2.15. The van der Waals surface area contributed by atoms with E-state index in [1.54, 1.807) is 0 Å². The van der Waals surface area contributed by atoms with Gasteiger partial charge in [0.2, 0.25) is 0 Å². The Labute approximate surface area is 106 Å². The molecule has 2 rings (SSSR count). The molecule has 0 saturated heterocycles. The maximum atomic E-state index is 11.9. The summed E-state index contributed by atoms with van der Waals surface area (Å²) in [6.07, 6.45) is 5.03. The van der Waals surface area contributed by atoms with Gasteiger partial charge in [-0.3, -0.25) is 10.1 Å². The number of nitrogens with one attached hydrogen (secondary N) is 1. The molecule has 0 aliphatic heterocycles. The Morgan fingerprint density at radius 1 is 1.47 bits per heavy atom. The van der Waals surface area contributed by atoms with Crippen LogP contribution >= 0.6 is 11.3 Å². The van der Waals surface area contributed by atoms with E-state index in [0.717, 1.165) is 30.5 Å². The Morgan fingerprint density at radius 2 is 2.24 bits per heavy atom. The molecule has 1 amide bonds. The van der Waals surface area contributed by atoms with Crippen LogP contribution in [0.4, 0.5) is 5.13 Å². The second-order valence-corrected chi connectivity index (χ2v) is 6.22. The average molecular weight is 250 g/mol. The first-order valence-electron chi connectivity index (χ1n) is 5.93. The summed E-state index contributed by atoms with van der Waals surface area (Å²) < 4.78 is 0. The van der Waals surface area contributed by atoms with Gasteiger partial charge in [-0.2, -0.15) is 0 Å². The van der Waals surface area contributed by atoms with Crippen LogP contribution in [-0.2, 0) is 10.2 Å². The van der Waals surface area contributed by atoms with E-state index in [0.29, 0.717) is 5.13 Å². The molecule has 92 valence electrons. The Balaban J connectivity index is 2.04. The van der Waals surface area contributed by atoms with Crippen LogP contribution in [0.3, 0.4) is 0 Å². The summed E-state index contributed by atoms with van der Waals surface area (Å²) in [4.78, 5) is 16.3. The monoisotopic (exact) mass is 250 g/mol. The number of aromatic nitrogens is 1. The number of rotatable bonds is 2. The van der Waals surface area contributed by atoms with Gasteiger partial charge in [-0.1, -0.05) is 26.8 Å². The lowest BCUT2D eigenvalue weighted by molar-refractivity contribution is -0.112. The third-order valence-corrected chi connectivity index (χ3v) is 3.58. The fraction of sp³-hybridized carbons (Fsp3) is 0.538. The molecule has 1 N–H and O–H groups in total. The number of thiazole rings is 1. The summed E-state index contributed by atoms with van der Waals surface area (Å²) in [6, 6.07) is 0. The molecule has 0 fully saturated rings. The topological polar surface area (TPSA) is 42.0 Å². The van der Waals surface area contributed by atoms with Gasteiger partial charge in [0, 0.05) is 16.4 Å². The van der Waals surface area contributed by atoms with Crippen LogP contribution in [-0.4, -0.2) is 10.9 Å². The molecule has 17 heavy (non-hydrogen) atoms. The number of carbonyl (C=O) groups excluding carboxylic acids is 1. The van der Waals surface area contributed by atoms with E-state index < -0.39 is 0 Å². The predicted octanol–water partition coefficient (Wildman–Crippen LogP) is 3.49. The van der Waals surface area contributed by atoms with Crippen LogP contribution in [0.1, 0.15) is 45.7 Å². The first-order chi connectivity index (χ1) is 7.97. The lowest BCUT2D eigenvalue weighted by atomic mass is 9.93. The minimum Gasteiger partial charge on any atom is -0.298 e. The van der Waals surface area contributed by atoms with Crippen molar-refractivity contribution < 1.29 is 4.79 Å². The van der Waals surface area contributed by atoms with Gasteiger partial charge in [0.15, 0.2) is 5.13 Å². The van der Waals surface area contributed by atoms with Gasteiger partial charge in [0.05, 0.1) is 5.69 Å². The maximum absolute atomic E-state index is 11.9. The van der Waals surface area contributed by atoms with Crippen LogP contribution in [0, 0.1) is 0 Å². The van der Waals surface area contributed by atoms with E-state index in [1.807, 2.05) is 11.5 Å². The zero-order valence-electron chi connectivity index (χ0n) is 10.5. The van der Waals surface area contributed by atoms with Crippen molar-refractivity contribution >= 4 is 22.4 Å². The largest absolute Gasteiger partial charge is 0.298 e. The highest BCUT2D eigenvalue weighted by atomic mass is 32.1. The van der Waals surface area contributed by atoms with Crippen molar-refractivity contribution in [1.29, 1.82) is 0 Å². The van der Waals surface area contributed by atoms with Crippen molar-refractivity contribution in [2.24, 2.45) is 0 Å². The normalized spacial score (nSPS) is 15.8. The summed E-state index contributed by atoms with van der Waals surface area (Å²) in [7, 11) is 0. The van der Waals surface area contributed by atoms with E-state index >= 15 is 0 Å². The SMILES string of the molecule is CC(C)(C)c1csc(NC(=O)C2=CCCC2)n1. The highest BCUT2D eigenvalue weighted by Crippen LogP contribution is 2.27. The molecule has 0 bridgehead atoms. The van der Waals surface area contributed by atoms with Gasteiger partial charge in [-0.15, -0.1) is 11.3 Å². The summed E-state index contributed by atoms with van der Waals surface area (Å²) >= 11 is 1.49. The van der Waals surface area contributed by atoms with Crippen LogP contribution in [0.5, 0.6) is 0 Å². The van der Waals surface area contributed by atoms with Crippen LogP contribution < -0.4 is 5.32 Å². The minimum atomic E-state index is 0.0114. The van der Waals surface area contributed by atoms with Gasteiger partial charge in [0.25, 0.3) is 5.91 Å². The third kappa shape index (κ3) is 2.94. The molecule has 4 heteroatoms. The Bertz CT molecular complexity index is 454. The Hall–Kier alpha value is -1.16. The number of nitrogens with zero attached hydrogens (tertiary/aromatic N) is 1. The molecule has 0 radical (unpaired) electrons. The first-order valence-corrected chi connectivity index (χ1v) is 6.81. The predicted molar refractivity (Wildman–Crippen MR) is 71.4 cm³/mol. The van der Waals surface area contributed by atoms with Crippen molar-refractivity contribution in [1.82, 2.24) is 4.98 Å². The van der Waals surface area contributed by atoms with Crippen LogP contribution in [0.2, 0.25) is 0 Å². The van der Waals surface area contributed by atoms with E-state index in [9.17, 15) is 4.79 Å². The lowest BCUT2D eigenvalue weighted by Gasteiger charge is -2.14. The van der Waals surface area contributed by atoms with Crippen molar-refractivity contribution in [3.63, 3.8) is 0 Å². The fourth-order valence-electron chi connectivity index (χ4n) is 1.73. The van der Waals surface area contributed by atoms with E-state index in [1.165, 1.54) is 11.3 Å². The molecular formula is C13H18N2OS. The third-order valence-electron chi connectivity index (χ3n) is 2.83. The van der Waals surface area contributed by atoms with Crippen LogP contribution in [0.15, 0.2) is 17.0 Å². The highest BCUT2D eigenvalue weighted by Gasteiger charge is 2.19. The summed E-state index contributed by atoms with van der Waals surface area (Å²) in [5, 5.41) is 5.59. The zero-order chi connectivity index (χ0) is 12.5. The zero-order valence-corrected chi connectivity index (χ0v) is 11.4. The molecule has 0 aromatic carbocycles. The molecule has 0 saturated carbocycles. The molecule has 0 spiro atoms. The summed E-state index contributed by atoms with van der Waals surface area (Å²) in [5.74, 6) is 0.0114. The van der Waals surface area contributed by atoms with Crippen molar-refractivity contribution in [2.45, 2.75) is 45.4 Å². The molecule has 1 aliphatic rings. The summed E-state index contributed by atoms with van der Waals surface area (Å²) in [6.45, 7) is 6.35. The second kappa shape index (κ2) is 4.61. The van der Waals surface area contributed by atoms with E-state index in [-0.39, 0.29) is 11.3 Å². The highest BCUT2D eigenvalue weighted by molar-refractivity contribution is 7.14. The molecule has 1 aromatic rings. The smallest absolute Gasteiger partial charge is 0.253 e. The molecule has 1 heterocycles. The molecule has 0 unspecified atom stereocenters. The fourth-order valence-corrected chi connectivity index (χ4v) is 2.66. The number of hydrogen-bond acceptors (Lipinski definition) is 3. The maximum Gasteiger partial charge on any atom is 0.253 e. The Morgan fingerprint density at radius 3 is 2.76 bits per heavy atom. The average Bonchev–Trinajstić information content (AvgIpc) is 2.85. The number of allylic oxidation sites excluding steroid dienone is 1. The number of anilines is 1. The molecule has 3 nitrogen and oxygen atoms in total. The number of hydrogen-bond donors (Lipinski definition) is 1. The number of amides is 1. The van der Waals surface area contributed by atoms with E-state index in [2.05, 4.69) is 31.1 Å². The van der Waals surface area contributed by atoms with Crippen molar-refractivity contribution in [3.8, 4) is 0 Å². The van der Waals surface area contributed by atoms with E-state index in [4.69, 9.17) is 0 Å². The van der Waals surface area contributed by atoms with Gasteiger partial charge >= 0.3 is 0 Å². The van der Waals surface area contributed by atoms with Crippen LogP contribution in [0.25, 0.3) is 0 Å². The first kappa shape index (κ1) is 12.3.